The van der Waals surface area contributed by atoms with Gasteiger partial charge in [0.25, 0.3) is 5.91 Å². The van der Waals surface area contributed by atoms with Crippen LogP contribution in [0.2, 0.25) is 5.02 Å². The lowest BCUT2D eigenvalue weighted by atomic mass is 10.1. The first-order valence-corrected chi connectivity index (χ1v) is 13.4. The third-order valence-electron chi connectivity index (χ3n) is 7.29. The summed E-state index contributed by atoms with van der Waals surface area (Å²) in [6.07, 6.45) is 1.54. The van der Waals surface area contributed by atoms with E-state index in [-0.39, 0.29) is 30.6 Å². The van der Waals surface area contributed by atoms with E-state index in [4.69, 9.17) is 16.3 Å². The summed E-state index contributed by atoms with van der Waals surface area (Å²) in [5.41, 5.74) is 4.13. The molecule has 0 aliphatic carbocycles. The number of rotatable bonds is 7. The lowest BCUT2D eigenvalue weighted by Gasteiger charge is -2.27. The molecule has 2 N–H and O–H groups in total. The Morgan fingerprint density at radius 3 is 2.68 bits per heavy atom. The molecule has 0 saturated carbocycles. The average Bonchev–Trinajstić information content (AvgIpc) is 3.12. The molecular weight excluding hydrogens is 508 g/mol. The van der Waals surface area contributed by atoms with Gasteiger partial charge in [-0.15, -0.1) is 0 Å². The van der Waals surface area contributed by atoms with Gasteiger partial charge in [0, 0.05) is 49.7 Å². The van der Waals surface area contributed by atoms with Gasteiger partial charge in [0.15, 0.2) is 0 Å². The second-order valence-electron chi connectivity index (χ2n) is 10.0. The maximum atomic E-state index is 13.0. The fraction of sp³-hybridized carbons (Fsp3) is 0.429. The topological polar surface area (TPSA) is 108 Å². The quantitative estimate of drug-likeness (QED) is 0.523. The highest BCUT2D eigenvalue weighted by Gasteiger charge is 2.37. The highest BCUT2D eigenvalue weighted by Crippen LogP contribution is 2.28. The van der Waals surface area contributed by atoms with Crippen LogP contribution < -0.4 is 10.6 Å². The Balaban J connectivity index is 1.17. The van der Waals surface area contributed by atoms with Crippen LogP contribution in [0.15, 0.2) is 36.4 Å². The Kier molecular flexibility index (Phi) is 8.06. The van der Waals surface area contributed by atoms with Crippen LogP contribution in [0, 0.1) is 0 Å². The van der Waals surface area contributed by atoms with E-state index < -0.39 is 11.9 Å². The number of nitrogens with one attached hydrogen (secondary N) is 2. The molecule has 3 aliphatic heterocycles. The van der Waals surface area contributed by atoms with Crippen molar-refractivity contribution in [3.63, 3.8) is 0 Å². The predicted octanol–water partition coefficient (Wildman–Crippen LogP) is 2.18. The summed E-state index contributed by atoms with van der Waals surface area (Å²) in [4.78, 5) is 53.6. The number of imide groups is 1. The molecule has 3 heterocycles. The molecule has 0 radical (unpaired) electrons. The Hall–Kier alpha value is -3.27. The van der Waals surface area contributed by atoms with E-state index in [0.717, 1.165) is 41.9 Å². The number of nitrogens with zero attached hydrogens (tertiary/aromatic N) is 2. The molecular formula is C28H31ClN4O5. The van der Waals surface area contributed by atoms with Crippen LogP contribution in [0.25, 0.3) is 0 Å². The summed E-state index contributed by atoms with van der Waals surface area (Å²) >= 11 is 6.41. The second-order valence-corrected chi connectivity index (χ2v) is 10.4. The normalized spacial score (nSPS) is 20.2. The minimum atomic E-state index is -0.656. The van der Waals surface area contributed by atoms with Crippen LogP contribution in [-0.4, -0.2) is 65.8 Å². The third kappa shape index (κ3) is 6.06. The summed E-state index contributed by atoms with van der Waals surface area (Å²) in [6, 6.07) is 10.5. The predicted molar refractivity (Wildman–Crippen MR) is 140 cm³/mol. The molecule has 200 valence electrons. The first-order chi connectivity index (χ1) is 18.4. The molecule has 0 aromatic heterocycles. The van der Waals surface area contributed by atoms with E-state index in [1.54, 1.807) is 6.07 Å². The van der Waals surface area contributed by atoms with E-state index in [1.807, 2.05) is 30.3 Å². The molecule has 0 spiro atoms. The number of amides is 4. The highest BCUT2D eigenvalue weighted by molar-refractivity contribution is 6.31. The fourth-order valence-corrected chi connectivity index (χ4v) is 5.41. The second kappa shape index (κ2) is 11.6. The van der Waals surface area contributed by atoms with Crippen molar-refractivity contribution < 1.29 is 23.9 Å². The largest absolute Gasteiger partial charge is 0.379 e. The van der Waals surface area contributed by atoms with Crippen LogP contribution in [0.1, 0.15) is 51.9 Å². The summed E-state index contributed by atoms with van der Waals surface area (Å²) in [7, 11) is 0. The van der Waals surface area contributed by atoms with Gasteiger partial charge in [-0.2, -0.15) is 0 Å². The van der Waals surface area contributed by atoms with Gasteiger partial charge in [-0.1, -0.05) is 35.9 Å². The van der Waals surface area contributed by atoms with E-state index in [9.17, 15) is 19.2 Å². The zero-order chi connectivity index (χ0) is 26.6. The van der Waals surface area contributed by atoms with Gasteiger partial charge in [0.2, 0.25) is 17.7 Å². The Bertz CT molecular complexity index is 1260. The molecule has 1 unspecified atom stereocenters. The van der Waals surface area contributed by atoms with Crippen molar-refractivity contribution in [3.05, 3.63) is 69.2 Å². The number of ether oxygens (including phenoxy) is 1. The number of halogens is 1. The standard InChI is InChI=1S/C28H31ClN4O5/c29-23-7-5-18(12-21(23)16-32-8-10-38-11-9-32)14-26(35)30-15-19-4-6-22-20(13-19)17-33(28(22)37)24-2-1-3-25(34)31-27(24)36/h4-7,12-13,24H,1-3,8-11,14-17H2,(H,30,35)(H,31,34,36). The summed E-state index contributed by atoms with van der Waals surface area (Å²) in [5.74, 6) is -1.04. The minimum Gasteiger partial charge on any atom is -0.379 e. The van der Waals surface area contributed by atoms with Crippen LogP contribution in [0.4, 0.5) is 0 Å². The number of morpholine rings is 1. The van der Waals surface area contributed by atoms with Crippen LogP contribution >= 0.6 is 11.6 Å². The van der Waals surface area contributed by atoms with Gasteiger partial charge in [-0.3, -0.25) is 29.4 Å². The lowest BCUT2D eigenvalue weighted by molar-refractivity contribution is -0.132. The SMILES string of the molecule is O=C(Cc1ccc(Cl)c(CN2CCOCC2)c1)NCc1ccc2c(c1)CN(C1CCCC(=O)NC1=O)C2=O. The average molecular weight is 539 g/mol. The number of carbonyl (C=O) groups excluding carboxylic acids is 4. The van der Waals surface area contributed by atoms with Gasteiger partial charge < -0.3 is 15.0 Å². The first kappa shape index (κ1) is 26.3. The number of benzene rings is 2. The molecule has 38 heavy (non-hydrogen) atoms. The molecule has 2 aromatic carbocycles. The van der Waals surface area contributed by atoms with E-state index >= 15 is 0 Å². The number of hydrogen-bond donors (Lipinski definition) is 2. The van der Waals surface area contributed by atoms with Crippen molar-refractivity contribution in [2.45, 2.75) is 51.4 Å². The van der Waals surface area contributed by atoms with Crippen molar-refractivity contribution in [2.24, 2.45) is 0 Å². The Morgan fingerprint density at radius 1 is 1.08 bits per heavy atom. The van der Waals surface area contributed by atoms with Crippen LogP contribution in [0.5, 0.6) is 0 Å². The number of hydrogen-bond acceptors (Lipinski definition) is 6. The summed E-state index contributed by atoms with van der Waals surface area (Å²) < 4.78 is 5.41. The van der Waals surface area contributed by atoms with Crippen molar-refractivity contribution in [3.8, 4) is 0 Å². The van der Waals surface area contributed by atoms with Crippen LogP contribution in [-0.2, 0) is 45.2 Å². The Morgan fingerprint density at radius 2 is 1.87 bits per heavy atom. The molecule has 2 aromatic rings. The van der Waals surface area contributed by atoms with Crippen LogP contribution in [0.3, 0.4) is 0 Å². The minimum absolute atomic E-state index is 0.109. The smallest absolute Gasteiger partial charge is 0.255 e. The molecule has 2 saturated heterocycles. The molecule has 4 amide bonds. The van der Waals surface area contributed by atoms with Crippen molar-refractivity contribution in [1.29, 1.82) is 0 Å². The van der Waals surface area contributed by atoms with Crippen molar-refractivity contribution in [2.75, 3.05) is 26.3 Å². The molecule has 3 aliphatic rings. The van der Waals surface area contributed by atoms with Gasteiger partial charge in [0.05, 0.1) is 19.6 Å². The van der Waals surface area contributed by atoms with Crippen molar-refractivity contribution >= 4 is 35.2 Å². The van der Waals surface area contributed by atoms with Gasteiger partial charge >= 0.3 is 0 Å². The zero-order valence-corrected chi connectivity index (χ0v) is 21.9. The molecule has 9 nitrogen and oxygen atoms in total. The maximum Gasteiger partial charge on any atom is 0.255 e. The molecule has 10 heteroatoms. The Labute approximate surface area is 226 Å². The van der Waals surface area contributed by atoms with Gasteiger partial charge in [0.1, 0.15) is 6.04 Å². The lowest BCUT2D eigenvalue weighted by Crippen LogP contribution is -2.46. The summed E-state index contributed by atoms with van der Waals surface area (Å²) in [6.45, 7) is 4.50. The number of carbonyl (C=O) groups is 4. The zero-order valence-electron chi connectivity index (χ0n) is 21.1. The molecule has 0 bridgehead atoms. The van der Waals surface area contributed by atoms with Gasteiger partial charge in [-0.05, 0) is 47.2 Å². The molecule has 2 fully saturated rings. The van der Waals surface area contributed by atoms with E-state index in [1.165, 1.54) is 4.90 Å². The first-order valence-electron chi connectivity index (χ1n) is 13.0. The maximum absolute atomic E-state index is 13.0. The molecule has 1 atom stereocenters. The van der Waals surface area contributed by atoms with E-state index in [2.05, 4.69) is 15.5 Å². The summed E-state index contributed by atoms with van der Waals surface area (Å²) in [5, 5.41) is 6.02. The van der Waals surface area contributed by atoms with Gasteiger partial charge in [-0.25, -0.2) is 0 Å². The number of fused-ring (bicyclic) bond motifs is 1. The molecule has 5 rings (SSSR count). The fourth-order valence-electron chi connectivity index (χ4n) is 5.23. The third-order valence-corrected chi connectivity index (χ3v) is 7.66. The monoisotopic (exact) mass is 538 g/mol. The highest BCUT2D eigenvalue weighted by atomic mass is 35.5. The van der Waals surface area contributed by atoms with Crippen molar-refractivity contribution in [1.82, 2.24) is 20.4 Å². The van der Waals surface area contributed by atoms with E-state index in [0.29, 0.717) is 49.7 Å².